The molecule has 35 heavy (non-hydrogen) atoms. The second-order valence-electron chi connectivity index (χ2n) is 8.79. The van der Waals surface area contributed by atoms with Crippen molar-refractivity contribution >= 4 is 28.8 Å². The highest BCUT2D eigenvalue weighted by molar-refractivity contribution is 5.79. The molecule has 3 aromatic rings. The molecule has 4 rings (SSSR count). The third-order valence-corrected chi connectivity index (χ3v) is 6.19. The summed E-state index contributed by atoms with van der Waals surface area (Å²) >= 11 is 0. The van der Waals surface area contributed by atoms with Crippen LogP contribution in [0.1, 0.15) is 17.5 Å². The number of β-amino-alcohol motifs (C(OH)–C–C–N with tert-alkyl or cyclic N) is 1. The van der Waals surface area contributed by atoms with E-state index >= 15 is 0 Å². The molecule has 1 aromatic heterocycles. The van der Waals surface area contributed by atoms with Crippen molar-refractivity contribution in [3.05, 3.63) is 78.0 Å². The molecule has 0 bridgehead atoms. The molecule has 1 saturated heterocycles. The zero-order valence-electron chi connectivity index (χ0n) is 20.0. The fraction of sp³-hybridized carbons (Fsp3) is 0.333. The molecule has 5 N–H and O–H groups in total. The van der Waals surface area contributed by atoms with Crippen LogP contribution in [0.2, 0.25) is 0 Å². The Morgan fingerprint density at radius 2 is 1.83 bits per heavy atom. The topological polar surface area (TPSA) is 107 Å². The first kappa shape index (κ1) is 24.5. The lowest BCUT2D eigenvalue weighted by molar-refractivity contribution is -0.117. The van der Waals surface area contributed by atoms with Gasteiger partial charge in [-0.2, -0.15) is 0 Å². The highest BCUT2D eigenvalue weighted by Gasteiger charge is 2.15. The fourth-order valence-corrected chi connectivity index (χ4v) is 4.34. The number of aliphatic hydroxyl groups is 1. The summed E-state index contributed by atoms with van der Waals surface area (Å²) in [7, 11) is 0. The molecule has 184 valence electrons. The monoisotopic (exact) mass is 474 g/mol. The van der Waals surface area contributed by atoms with Crippen molar-refractivity contribution < 1.29 is 9.90 Å². The molecule has 0 radical (unpaired) electrons. The van der Waals surface area contributed by atoms with Gasteiger partial charge < -0.3 is 26.4 Å². The van der Waals surface area contributed by atoms with Crippen molar-refractivity contribution in [2.45, 2.75) is 19.4 Å². The van der Waals surface area contributed by atoms with Crippen molar-refractivity contribution in [2.24, 2.45) is 5.73 Å². The van der Waals surface area contributed by atoms with Crippen LogP contribution in [0.25, 0.3) is 0 Å². The highest BCUT2D eigenvalue weighted by atomic mass is 16.3. The number of amides is 1. The molecule has 0 atom stereocenters. The lowest BCUT2D eigenvalue weighted by atomic mass is 10.1. The third kappa shape index (κ3) is 7.18. The first-order valence-corrected chi connectivity index (χ1v) is 12.1. The van der Waals surface area contributed by atoms with Crippen molar-refractivity contribution in [1.29, 1.82) is 0 Å². The van der Waals surface area contributed by atoms with E-state index in [1.54, 1.807) is 6.20 Å². The molecule has 0 spiro atoms. The van der Waals surface area contributed by atoms with Crippen molar-refractivity contribution in [2.75, 3.05) is 54.9 Å². The minimum atomic E-state index is -0.390. The Labute approximate surface area is 206 Å². The summed E-state index contributed by atoms with van der Waals surface area (Å²) in [6, 6.07) is 20.4. The first-order valence-electron chi connectivity index (χ1n) is 12.1. The second kappa shape index (κ2) is 12.2. The molecule has 8 heteroatoms. The van der Waals surface area contributed by atoms with Gasteiger partial charge in [0.05, 0.1) is 13.0 Å². The maximum Gasteiger partial charge on any atom is 0.221 e. The van der Waals surface area contributed by atoms with Crippen LogP contribution in [-0.2, 0) is 17.8 Å². The number of carbonyl (C=O) groups excluding carboxylic acids is 1. The van der Waals surface area contributed by atoms with E-state index in [0.717, 1.165) is 61.6 Å². The Kier molecular flexibility index (Phi) is 8.53. The third-order valence-electron chi connectivity index (χ3n) is 6.19. The Bertz CT molecular complexity index is 1090. The van der Waals surface area contributed by atoms with Crippen LogP contribution < -0.4 is 21.3 Å². The van der Waals surface area contributed by atoms with E-state index in [1.165, 1.54) is 5.69 Å². The van der Waals surface area contributed by atoms with Gasteiger partial charge in [0.2, 0.25) is 5.91 Å². The van der Waals surface area contributed by atoms with Gasteiger partial charge in [0.25, 0.3) is 0 Å². The molecule has 1 aliphatic heterocycles. The molecular formula is C27H34N6O2. The molecular weight excluding hydrogens is 440 g/mol. The van der Waals surface area contributed by atoms with E-state index in [0.29, 0.717) is 12.4 Å². The molecule has 2 heterocycles. The van der Waals surface area contributed by atoms with Gasteiger partial charge in [-0.3, -0.25) is 9.69 Å². The van der Waals surface area contributed by atoms with Gasteiger partial charge in [-0.05, 0) is 42.8 Å². The van der Waals surface area contributed by atoms with E-state index in [2.05, 4.69) is 61.8 Å². The number of aliphatic hydroxyl groups excluding tert-OH is 1. The number of carbonyl (C=O) groups is 1. The van der Waals surface area contributed by atoms with Gasteiger partial charge in [-0.15, -0.1) is 0 Å². The average molecular weight is 475 g/mol. The molecule has 1 fully saturated rings. The van der Waals surface area contributed by atoms with Crippen LogP contribution in [0.3, 0.4) is 0 Å². The van der Waals surface area contributed by atoms with E-state index < -0.39 is 0 Å². The summed E-state index contributed by atoms with van der Waals surface area (Å²) in [5, 5.41) is 16.0. The number of hydrogen-bond donors (Lipinski definition) is 4. The predicted octanol–water partition coefficient (Wildman–Crippen LogP) is 2.97. The zero-order chi connectivity index (χ0) is 24.5. The maximum atomic E-state index is 11.5. The molecule has 1 aliphatic rings. The number of aromatic nitrogens is 1. The van der Waals surface area contributed by atoms with Crippen molar-refractivity contribution in [1.82, 2.24) is 9.88 Å². The van der Waals surface area contributed by atoms with Gasteiger partial charge >= 0.3 is 0 Å². The Balaban J connectivity index is 1.42. The predicted molar refractivity (Wildman–Crippen MR) is 141 cm³/mol. The van der Waals surface area contributed by atoms with Gasteiger partial charge in [-0.25, -0.2) is 4.98 Å². The molecule has 2 aromatic carbocycles. The van der Waals surface area contributed by atoms with Gasteiger partial charge in [0, 0.05) is 67.6 Å². The normalized spacial score (nSPS) is 14.4. The highest BCUT2D eigenvalue weighted by Crippen LogP contribution is 2.25. The van der Waals surface area contributed by atoms with E-state index in [1.807, 2.05) is 24.3 Å². The number of primary amides is 1. The van der Waals surface area contributed by atoms with Crippen LogP contribution in [0, 0.1) is 0 Å². The van der Waals surface area contributed by atoms with Crippen LogP contribution >= 0.6 is 0 Å². The number of nitrogens with one attached hydrogen (secondary N) is 2. The molecule has 8 nitrogen and oxygen atoms in total. The lowest BCUT2D eigenvalue weighted by Crippen LogP contribution is -2.32. The van der Waals surface area contributed by atoms with E-state index in [-0.39, 0.29) is 18.9 Å². The molecule has 0 unspecified atom stereocenters. The smallest absolute Gasteiger partial charge is 0.221 e. The molecule has 0 aliphatic carbocycles. The van der Waals surface area contributed by atoms with Crippen LogP contribution in [0.4, 0.5) is 22.9 Å². The fourth-order valence-electron chi connectivity index (χ4n) is 4.34. The van der Waals surface area contributed by atoms with Gasteiger partial charge in [0.1, 0.15) is 5.82 Å². The minimum Gasteiger partial charge on any atom is -0.395 e. The van der Waals surface area contributed by atoms with Crippen LogP contribution in [0.15, 0.2) is 66.9 Å². The number of nitrogens with zero attached hydrogens (tertiary/aromatic N) is 3. The van der Waals surface area contributed by atoms with E-state index in [9.17, 15) is 9.90 Å². The summed E-state index contributed by atoms with van der Waals surface area (Å²) in [6.45, 7) is 5.53. The Morgan fingerprint density at radius 3 is 2.57 bits per heavy atom. The standard InChI is InChI=1S/C27H34N6O2/c28-26(35)17-22-20-30-27(18-25(22)29-19-21-5-2-1-3-6-21)31-23-7-9-24(10-8-23)33-12-4-11-32(13-14-33)15-16-34/h1-3,5-10,18,20,34H,4,11-17,19H2,(H2,28,35)(H2,29,30,31). The summed E-state index contributed by atoms with van der Waals surface area (Å²) in [4.78, 5) is 20.7. The number of benzene rings is 2. The maximum absolute atomic E-state index is 11.5. The van der Waals surface area contributed by atoms with Crippen molar-refractivity contribution in [3.63, 3.8) is 0 Å². The summed E-state index contributed by atoms with van der Waals surface area (Å²) in [6.07, 6.45) is 2.91. The number of rotatable bonds is 10. The van der Waals surface area contributed by atoms with Gasteiger partial charge in [0.15, 0.2) is 0 Å². The SMILES string of the molecule is NC(=O)Cc1cnc(Nc2ccc(N3CCCN(CCO)CC3)cc2)cc1NCc1ccccc1. The van der Waals surface area contributed by atoms with E-state index in [4.69, 9.17) is 5.73 Å². The Hall–Kier alpha value is -3.62. The lowest BCUT2D eigenvalue weighted by Gasteiger charge is -2.23. The summed E-state index contributed by atoms with van der Waals surface area (Å²) < 4.78 is 0. The van der Waals surface area contributed by atoms with Crippen molar-refractivity contribution in [3.8, 4) is 0 Å². The van der Waals surface area contributed by atoms with Crippen LogP contribution in [0.5, 0.6) is 0 Å². The van der Waals surface area contributed by atoms with Crippen LogP contribution in [-0.4, -0.2) is 60.2 Å². The van der Waals surface area contributed by atoms with Gasteiger partial charge in [-0.1, -0.05) is 30.3 Å². The quantitative estimate of drug-likeness (QED) is 0.358. The zero-order valence-corrected chi connectivity index (χ0v) is 20.0. The Morgan fingerprint density at radius 1 is 1.03 bits per heavy atom. The molecule has 1 amide bonds. The second-order valence-corrected chi connectivity index (χ2v) is 8.79. The summed E-state index contributed by atoms with van der Waals surface area (Å²) in [5.74, 6) is 0.301. The number of anilines is 4. The summed E-state index contributed by atoms with van der Waals surface area (Å²) in [5.41, 5.74) is 10.3. The first-order chi connectivity index (χ1) is 17.1. The molecule has 0 saturated carbocycles. The number of pyridine rings is 1. The number of hydrogen-bond acceptors (Lipinski definition) is 7. The largest absolute Gasteiger partial charge is 0.395 e. The average Bonchev–Trinajstić information content (AvgIpc) is 3.11. The number of nitrogens with two attached hydrogens (primary N) is 1. The minimum absolute atomic E-state index is 0.130.